The van der Waals surface area contributed by atoms with Crippen LogP contribution in [0.5, 0.6) is 0 Å². The third-order valence-corrected chi connectivity index (χ3v) is 5.16. The van der Waals surface area contributed by atoms with Gasteiger partial charge in [-0.15, -0.1) is 0 Å². The molecule has 0 bridgehead atoms. The molecule has 2 N–H and O–H groups in total. The first-order valence-electron chi connectivity index (χ1n) is 9.34. The van der Waals surface area contributed by atoms with Crippen molar-refractivity contribution in [2.24, 2.45) is 0 Å². The average Bonchev–Trinajstić information content (AvgIpc) is 2.69. The number of amides is 3. The lowest BCUT2D eigenvalue weighted by atomic mass is 9.97. The molecule has 1 unspecified atom stereocenters. The van der Waals surface area contributed by atoms with E-state index in [2.05, 4.69) is 10.6 Å². The zero-order chi connectivity index (χ0) is 21.8. The Morgan fingerprint density at radius 2 is 1.93 bits per heavy atom. The largest absolute Gasteiger partial charge is 0.352 e. The van der Waals surface area contributed by atoms with E-state index in [0.717, 1.165) is 5.56 Å². The number of aryl methyl sites for hydroxylation is 1. The van der Waals surface area contributed by atoms with Gasteiger partial charge >= 0.3 is 6.03 Å². The summed E-state index contributed by atoms with van der Waals surface area (Å²) in [7, 11) is 0. The minimum absolute atomic E-state index is 0.100. The van der Waals surface area contributed by atoms with Crippen molar-refractivity contribution in [1.82, 2.24) is 10.2 Å². The molecule has 1 heterocycles. The van der Waals surface area contributed by atoms with Gasteiger partial charge in [0, 0.05) is 36.8 Å². The van der Waals surface area contributed by atoms with E-state index in [0.29, 0.717) is 21.8 Å². The maximum Gasteiger partial charge on any atom is 0.326 e. The molecule has 0 saturated heterocycles. The molecule has 0 radical (unpaired) electrons. The number of benzene rings is 2. The monoisotopic (exact) mass is 429 g/mol. The predicted octanol–water partition coefficient (Wildman–Crippen LogP) is 4.49. The molecule has 0 aromatic heterocycles. The van der Waals surface area contributed by atoms with Crippen LogP contribution in [0.2, 0.25) is 5.02 Å². The molecule has 6 nitrogen and oxygen atoms in total. The van der Waals surface area contributed by atoms with Gasteiger partial charge in [-0.2, -0.15) is 0 Å². The fourth-order valence-corrected chi connectivity index (χ4v) is 3.47. The molecule has 3 rings (SSSR count). The zero-order valence-electron chi connectivity index (χ0n) is 16.5. The Hall–Kier alpha value is -3.19. The van der Waals surface area contributed by atoms with Gasteiger partial charge in [-0.3, -0.25) is 14.5 Å². The van der Waals surface area contributed by atoms with E-state index in [9.17, 15) is 18.8 Å². The second-order valence-electron chi connectivity index (χ2n) is 7.06. The van der Waals surface area contributed by atoms with Gasteiger partial charge in [-0.05, 0) is 54.0 Å². The highest BCUT2D eigenvalue weighted by Crippen LogP contribution is 2.31. The number of nitrogens with zero attached hydrogens (tertiary/aromatic N) is 1. The van der Waals surface area contributed by atoms with Crippen LogP contribution in [-0.4, -0.2) is 22.6 Å². The number of allylic oxidation sites excluding steroid dienone is 1. The van der Waals surface area contributed by atoms with Gasteiger partial charge in [-0.1, -0.05) is 23.7 Å². The van der Waals surface area contributed by atoms with Gasteiger partial charge in [0.15, 0.2) is 5.78 Å². The number of anilines is 1. The zero-order valence-corrected chi connectivity index (χ0v) is 17.3. The van der Waals surface area contributed by atoms with Crippen LogP contribution in [0.1, 0.15) is 36.1 Å². The number of ketones is 1. The maximum atomic E-state index is 13.3. The van der Waals surface area contributed by atoms with E-state index in [1.807, 2.05) is 0 Å². The maximum absolute atomic E-state index is 13.3. The molecule has 0 spiro atoms. The first kappa shape index (κ1) is 21.5. The van der Waals surface area contributed by atoms with Gasteiger partial charge in [0.25, 0.3) is 0 Å². The molecular formula is C22H21ClFN3O3. The fraction of sp³-hybridized carbons (Fsp3) is 0.227. The number of carbonyl (C=O) groups is 3. The summed E-state index contributed by atoms with van der Waals surface area (Å²) in [6.45, 7) is 3.44. The van der Waals surface area contributed by atoms with Crippen molar-refractivity contribution in [1.29, 1.82) is 0 Å². The van der Waals surface area contributed by atoms with E-state index in [1.54, 1.807) is 31.2 Å². The highest BCUT2D eigenvalue weighted by Gasteiger charge is 2.29. The SMILES string of the molecule is CC(=O)NCc1cc(NC(=O)N2C=CC(=O)CC2c2ccc(F)cc2)c(C)cc1Cl. The highest BCUT2D eigenvalue weighted by atomic mass is 35.5. The first-order chi connectivity index (χ1) is 14.2. The van der Waals surface area contributed by atoms with Crippen molar-refractivity contribution in [2.45, 2.75) is 32.9 Å². The van der Waals surface area contributed by atoms with Crippen molar-refractivity contribution in [3.05, 3.63) is 76.2 Å². The van der Waals surface area contributed by atoms with Crippen LogP contribution in [-0.2, 0) is 16.1 Å². The van der Waals surface area contributed by atoms with E-state index < -0.39 is 17.9 Å². The lowest BCUT2D eigenvalue weighted by Gasteiger charge is -2.31. The van der Waals surface area contributed by atoms with Gasteiger partial charge in [0.2, 0.25) is 5.91 Å². The molecule has 1 aliphatic rings. The Kier molecular flexibility index (Phi) is 6.52. The van der Waals surface area contributed by atoms with Crippen molar-refractivity contribution >= 4 is 35.0 Å². The van der Waals surface area contributed by atoms with E-state index in [4.69, 9.17) is 11.6 Å². The van der Waals surface area contributed by atoms with Gasteiger partial charge in [-0.25, -0.2) is 9.18 Å². The summed E-state index contributed by atoms with van der Waals surface area (Å²) in [4.78, 5) is 37.6. The summed E-state index contributed by atoms with van der Waals surface area (Å²) in [5.41, 5.74) is 2.60. The molecular weight excluding hydrogens is 409 g/mol. The number of nitrogens with one attached hydrogen (secondary N) is 2. The number of urea groups is 1. The standard InChI is InChI=1S/C22H21ClFN3O3/c1-13-9-19(23)16(12-25-14(2)28)10-20(13)26-22(30)27-8-7-18(29)11-21(27)15-3-5-17(24)6-4-15/h3-10,21H,11-12H2,1-2H3,(H,25,28)(H,26,30). The van der Waals surface area contributed by atoms with Crippen LogP contribution in [0.4, 0.5) is 14.9 Å². The Bertz CT molecular complexity index is 1020. The molecule has 2 aromatic rings. The second kappa shape index (κ2) is 9.09. The number of carbonyl (C=O) groups excluding carboxylic acids is 3. The van der Waals surface area contributed by atoms with E-state index in [1.165, 1.54) is 36.2 Å². The van der Waals surface area contributed by atoms with Crippen LogP contribution in [0.3, 0.4) is 0 Å². The molecule has 0 aliphatic carbocycles. The topological polar surface area (TPSA) is 78.5 Å². The molecule has 0 fully saturated rings. The molecule has 156 valence electrons. The van der Waals surface area contributed by atoms with Gasteiger partial charge in [0.05, 0.1) is 6.04 Å². The second-order valence-corrected chi connectivity index (χ2v) is 7.47. The van der Waals surface area contributed by atoms with Crippen LogP contribution in [0.25, 0.3) is 0 Å². The smallest absolute Gasteiger partial charge is 0.326 e. The van der Waals surface area contributed by atoms with Gasteiger partial charge in [0.1, 0.15) is 5.82 Å². The number of hydrogen-bond donors (Lipinski definition) is 2. The van der Waals surface area contributed by atoms with Crippen LogP contribution < -0.4 is 10.6 Å². The summed E-state index contributed by atoms with van der Waals surface area (Å²) >= 11 is 6.25. The third kappa shape index (κ3) is 5.04. The van der Waals surface area contributed by atoms with Crippen molar-refractivity contribution < 1.29 is 18.8 Å². The van der Waals surface area contributed by atoms with Crippen LogP contribution in [0, 0.1) is 12.7 Å². The quantitative estimate of drug-likeness (QED) is 0.751. The van der Waals surface area contributed by atoms with Crippen LogP contribution in [0.15, 0.2) is 48.7 Å². The molecule has 3 amide bonds. The fourth-order valence-electron chi connectivity index (χ4n) is 3.18. The minimum atomic E-state index is -0.547. The lowest BCUT2D eigenvalue weighted by molar-refractivity contribution is -0.119. The van der Waals surface area contributed by atoms with E-state index in [-0.39, 0.29) is 24.7 Å². The minimum Gasteiger partial charge on any atom is -0.352 e. The van der Waals surface area contributed by atoms with Crippen molar-refractivity contribution in [3.8, 4) is 0 Å². The number of halogens is 2. The summed E-state index contributed by atoms with van der Waals surface area (Å²) in [6.07, 6.45) is 2.87. The highest BCUT2D eigenvalue weighted by molar-refractivity contribution is 6.31. The molecule has 0 saturated carbocycles. The Morgan fingerprint density at radius 3 is 2.60 bits per heavy atom. The Labute approximate surface area is 178 Å². The molecule has 30 heavy (non-hydrogen) atoms. The van der Waals surface area contributed by atoms with Crippen molar-refractivity contribution in [2.75, 3.05) is 5.32 Å². The summed E-state index contributed by atoms with van der Waals surface area (Å²) in [5.74, 6) is -0.702. The first-order valence-corrected chi connectivity index (χ1v) is 9.71. The molecule has 8 heteroatoms. The molecule has 1 atom stereocenters. The number of hydrogen-bond acceptors (Lipinski definition) is 3. The van der Waals surface area contributed by atoms with E-state index >= 15 is 0 Å². The van der Waals surface area contributed by atoms with Crippen LogP contribution >= 0.6 is 11.6 Å². The Balaban J connectivity index is 1.85. The predicted molar refractivity (Wildman–Crippen MR) is 112 cm³/mol. The molecule has 2 aromatic carbocycles. The lowest BCUT2D eigenvalue weighted by Crippen LogP contribution is -2.37. The average molecular weight is 430 g/mol. The summed E-state index contributed by atoms with van der Waals surface area (Å²) in [6, 6.07) is 8.15. The third-order valence-electron chi connectivity index (χ3n) is 4.80. The van der Waals surface area contributed by atoms with Gasteiger partial charge < -0.3 is 10.6 Å². The Morgan fingerprint density at radius 1 is 1.23 bits per heavy atom. The molecule has 1 aliphatic heterocycles. The summed E-state index contributed by atoms with van der Waals surface area (Å²) < 4.78 is 13.3. The number of rotatable bonds is 4. The van der Waals surface area contributed by atoms with Crippen molar-refractivity contribution in [3.63, 3.8) is 0 Å². The normalized spacial score (nSPS) is 15.8. The summed E-state index contributed by atoms with van der Waals surface area (Å²) in [5, 5.41) is 6.00.